The Morgan fingerprint density at radius 2 is 1.96 bits per heavy atom. The van der Waals surface area contributed by atoms with Crippen molar-refractivity contribution in [2.24, 2.45) is 0 Å². The largest absolute Gasteiger partial charge is 0.347 e. The maximum atomic E-state index is 13.6. The summed E-state index contributed by atoms with van der Waals surface area (Å²) in [6, 6.07) is 8.03. The van der Waals surface area contributed by atoms with Crippen LogP contribution in [0.4, 0.5) is 10.3 Å². The monoisotopic (exact) mass is 316 g/mol. The molecule has 0 bridgehead atoms. The number of aromatic nitrogens is 2. The van der Waals surface area contributed by atoms with Crippen LogP contribution in [0, 0.1) is 5.82 Å². The van der Waals surface area contributed by atoms with E-state index in [0.717, 1.165) is 5.69 Å². The summed E-state index contributed by atoms with van der Waals surface area (Å²) >= 11 is 0. The average molecular weight is 316 g/mol. The average Bonchev–Trinajstić information content (AvgIpc) is 2.53. The van der Waals surface area contributed by atoms with Gasteiger partial charge in [-0.2, -0.15) is 0 Å². The third-order valence-electron chi connectivity index (χ3n) is 3.36. The highest BCUT2D eigenvalue weighted by atomic mass is 19.1. The minimum atomic E-state index is -0.347. The molecule has 0 saturated heterocycles. The molecule has 0 spiro atoms. The summed E-state index contributed by atoms with van der Waals surface area (Å²) < 4.78 is 13.6. The van der Waals surface area contributed by atoms with Gasteiger partial charge in [0.15, 0.2) is 0 Å². The molecule has 1 heterocycles. The van der Waals surface area contributed by atoms with Crippen molar-refractivity contribution in [2.45, 2.75) is 26.3 Å². The first kappa shape index (κ1) is 16.9. The molecule has 0 aliphatic heterocycles. The summed E-state index contributed by atoms with van der Waals surface area (Å²) in [7, 11) is 3.64. The van der Waals surface area contributed by atoms with Crippen molar-refractivity contribution in [3.05, 3.63) is 53.1 Å². The standard InChI is InChI=1S/C17H21FN4O/c1-11(2)14-9-15(21-17(20-14)22(3)4)16(23)19-10-12-7-5-6-8-13(12)18/h5-9,11H,10H2,1-4H3,(H,19,23). The van der Waals surface area contributed by atoms with Crippen molar-refractivity contribution < 1.29 is 9.18 Å². The summed E-state index contributed by atoms with van der Waals surface area (Å²) in [5.41, 5.74) is 1.51. The summed E-state index contributed by atoms with van der Waals surface area (Å²) in [4.78, 5) is 22.8. The van der Waals surface area contributed by atoms with Crippen LogP contribution in [-0.4, -0.2) is 30.0 Å². The van der Waals surface area contributed by atoms with Gasteiger partial charge in [0, 0.05) is 31.9 Å². The van der Waals surface area contributed by atoms with Gasteiger partial charge in [0.05, 0.1) is 0 Å². The fraction of sp³-hybridized carbons (Fsp3) is 0.353. The lowest BCUT2D eigenvalue weighted by atomic mass is 10.1. The lowest BCUT2D eigenvalue weighted by Crippen LogP contribution is -2.26. The predicted molar refractivity (Wildman–Crippen MR) is 88.0 cm³/mol. The van der Waals surface area contributed by atoms with Crippen molar-refractivity contribution >= 4 is 11.9 Å². The van der Waals surface area contributed by atoms with Crippen LogP contribution >= 0.6 is 0 Å². The second-order valence-electron chi connectivity index (χ2n) is 5.80. The zero-order valence-corrected chi connectivity index (χ0v) is 13.8. The zero-order valence-electron chi connectivity index (χ0n) is 13.8. The second-order valence-corrected chi connectivity index (χ2v) is 5.80. The Morgan fingerprint density at radius 1 is 1.26 bits per heavy atom. The van der Waals surface area contributed by atoms with Crippen LogP contribution in [0.3, 0.4) is 0 Å². The number of anilines is 1. The molecule has 2 aromatic rings. The molecule has 23 heavy (non-hydrogen) atoms. The van der Waals surface area contributed by atoms with E-state index in [-0.39, 0.29) is 29.9 Å². The second kappa shape index (κ2) is 7.17. The minimum absolute atomic E-state index is 0.115. The fourth-order valence-electron chi connectivity index (χ4n) is 1.97. The van der Waals surface area contributed by atoms with Crippen molar-refractivity contribution in [1.29, 1.82) is 0 Å². The summed E-state index contributed by atoms with van der Waals surface area (Å²) in [6.45, 7) is 4.12. The number of carbonyl (C=O) groups excluding carboxylic acids is 1. The molecule has 0 fully saturated rings. The van der Waals surface area contributed by atoms with Crippen LogP contribution in [-0.2, 0) is 6.54 Å². The lowest BCUT2D eigenvalue weighted by molar-refractivity contribution is 0.0945. The van der Waals surface area contributed by atoms with Gasteiger partial charge in [-0.25, -0.2) is 14.4 Å². The van der Waals surface area contributed by atoms with E-state index in [0.29, 0.717) is 11.5 Å². The van der Waals surface area contributed by atoms with Gasteiger partial charge >= 0.3 is 0 Å². The van der Waals surface area contributed by atoms with E-state index in [1.165, 1.54) is 6.07 Å². The van der Waals surface area contributed by atoms with Gasteiger partial charge in [0.1, 0.15) is 11.5 Å². The van der Waals surface area contributed by atoms with Gasteiger partial charge in [-0.1, -0.05) is 32.0 Å². The van der Waals surface area contributed by atoms with E-state index in [1.54, 1.807) is 29.2 Å². The summed E-state index contributed by atoms with van der Waals surface area (Å²) in [5, 5.41) is 2.70. The van der Waals surface area contributed by atoms with E-state index >= 15 is 0 Å². The molecule has 0 atom stereocenters. The number of halogens is 1. The normalized spacial score (nSPS) is 10.7. The topological polar surface area (TPSA) is 58.1 Å². The number of hydrogen-bond acceptors (Lipinski definition) is 4. The van der Waals surface area contributed by atoms with E-state index < -0.39 is 0 Å². The Labute approximate surface area is 135 Å². The first-order valence-electron chi connectivity index (χ1n) is 7.46. The molecule has 0 saturated carbocycles. The minimum Gasteiger partial charge on any atom is -0.347 e. The number of nitrogens with one attached hydrogen (secondary N) is 1. The summed E-state index contributed by atoms with van der Waals surface area (Å²) in [5.74, 6) is -0.0324. The number of rotatable bonds is 5. The van der Waals surface area contributed by atoms with E-state index in [9.17, 15) is 9.18 Å². The smallest absolute Gasteiger partial charge is 0.270 e. The molecule has 0 aliphatic carbocycles. The molecule has 2 rings (SSSR count). The molecule has 1 N–H and O–H groups in total. The Morgan fingerprint density at radius 3 is 2.57 bits per heavy atom. The highest BCUT2D eigenvalue weighted by Gasteiger charge is 2.15. The third kappa shape index (κ3) is 4.25. The van der Waals surface area contributed by atoms with Crippen LogP contribution in [0.25, 0.3) is 0 Å². The number of hydrogen-bond donors (Lipinski definition) is 1. The number of nitrogens with zero attached hydrogens (tertiary/aromatic N) is 3. The molecule has 0 aliphatic rings. The molecule has 0 radical (unpaired) electrons. The van der Waals surface area contributed by atoms with Gasteiger partial charge in [-0.15, -0.1) is 0 Å². The SMILES string of the molecule is CC(C)c1cc(C(=O)NCc2ccccc2F)nc(N(C)C)n1. The van der Waals surface area contributed by atoms with Gasteiger partial charge < -0.3 is 10.2 Å². The Hall–Kier alpha value is -2.50. The van der Waals surface area contributed by atoms with Gasteiger partial charge in [-0.3, -0.25) is 4.79 Å². The molecular formula is C17H21FN4O. The maximum Gasteiger partial charge on any atom is 0.270 e. The van der Waals surface area contributed by atoms with Gasteiger partial charge in [0.2, 0.25) is 5.95 Å². The first-order chi connectivity index (χ1) is 10.9. The molecule has 0 unspecified atom stereocenters. The number of amides is 1. The zero-order chi connectivity index (χ0) is 17.0. The van der Waals surface area contributed by atoms with Crippen LogP contribution in [0.15, 0.2) is 30.3 Å². The summed E-state index contributed by atoms with van der Waals surface area (Å²) in [6.07, 6.45) is 0. The first-order valence-corrected chi connectivity index (χ1v) is 7.46. The third-order valence-corrected chi connectivity index (χ3v) is 3.36. The van der Waals surface area contributed by atoms with Crippen molar-refractivity contribution in [1.82, 2.24) is 15.3 Å². The van der Waals surface area contributed by atoms with Crippen LogP contribution < -0.4 is 10.2 Å². The maximum absolute atomic E-state index is 13.6. The molecule has 1 aromatic heterocycles. The molecule has 1 amide bonds. The number of benzene rings is 1. The van der Waals surface area contributed by atoms with Gasteiger partial charge in [0.25, 0.3) is 5.91 Å². The fourth-order valence-corrected chi connectivity index (χ4v) is 1.97. The lowest BCUT2D eigenvalue weighted by Gasteiger charge is -2.15. The molecule has 1 aromatic carbocycles. The van der Waals surface area contributed by atoms with Gasteiger partial charge in [-0.05, 0) is 18.1 Å². The van der Waals surface area contributed by atoms with Crippen LogP contribution in [0.1, 0.15) is 41.5 Å². The number of carbonyl (C=O) groups is 1. The van der Waals surface area contributed by atoms with Crippen molar-refractivity contribution in [3.8, 4) is 0 Å². The van der Waals surface area contributed by atoms with E-state index in [2.05, 4.69) is 15.3 Å². The van der Waals surface area contributed by atoms with Crippen LogP contribution in [0.5, 0.6) is 0 Å². The molecule has 5 nitrogen and oxygen atoms in total. The quantitative estimate of drug-likeness (QED) is 0.921. The Bertz CT molecular complexity index is 674. The van der Waals surface area contributed by atoms with Crippen molar-refractivity contribution in [2.75, 3.05) is 19.0 Å². The Balaban J connectivity index is 2.20. The van der Waals surface area contributed by atoms with E-state index in [4.69, 9.17) is 0 Å². The molecule has 6 heteroatoms. The highest BCUT2D eigenvalue weighted by Crippen LogP contribution is 2.16. The Kier molecular flexibility index (Phi) is 5.26. The van der Waals surface area contributed by atoms with Crippen LogP contribution in [0.2, 0.25) is 0 Å². The highest BCUT2D eigenvalue weighted by molar-refractivity contribution is 5.92. The predicted octanol–water partition coefficient (Wildman–Crippen LogP) is 2.74. The molecule has 122 valence electrons. The van der Waals surface area contributed by atoms with E-state index in [1.807, 2.05) is 27.9 Å². The van der Waals surface area contributed by atoms with Crippen molar-refractivity contribution in [3.63, 3.8) is 0 Å². The molecular weight excluding hydrogens is 295 g/mol.